The summed E-state index contributed by atoms with van der Waals surface area (Å²) < 4.78 is 68.4. The second-order valence-corrected chi connectivity index (χ2v) is 56.8. The first-order valence-electron chi connectivity index (χ1n) is 32.3. The lowest BCUT2D eigenvalue weighted by Gasteiger charge is -2.41. The molecule has 92 heavy (non-hydrogen) atoms. The number of likely N-dealkylation sites (N-methyl/N-ethyl adjacent to an activating group) is 3. The molecule has 34 heteroatoms. The van der Waals surface area contributed by atoms with Crippen LogP contribution in [0, 0.1) is 0 Å². The van der Waals surface area contributed by atoms with Gasteiger partial charge in [-0.15, -0.1) is 0 Å². The molecule has 3 rings (SSSR count). The zero-order valence-corrected chi connectivity index (χ0v) is 71.9. The molecular formula is C58H125Cl3I2N6O17Si6. The molecule has 3 N–H and O–H groups in total. The third kappa shape index (κ3) is 47.3. The highest BCUT2D eigenvalue weighted by molar-refractivity contribution is 14.1. The molecule has 3 heterocycles. The minimum absolute atomic E-state index is 0. The Balaban J connectivity index is 0. The predicted molar refractivity (Wildman–Crippen MR) is 383 cm³/mol. The van der Waals surface area contributed by atoms with Crippen molar-refractivity contribution >= 4 is 113 Å². The van der Waals surface area contributed by atoms with E-state index in [0.29, 0.717) is 85.8 Å². The average Bonchev–Trinajstić information content (AvgIpc) is 3.11. The van der Waals surface area contributed by atoms with Crippen molar-refractivity contribution in [2.75, 3.05) is 220 Å². The van der Waals surface area contributed by atoms with Crippen LogP contribution in [0.1, 0.15) is 6.42 Å². The van der Waals surface area contributed by atoms with E-state index in [1.54, 1.807) is 0 Å². The smallest absolute Gasteiger partial charge is 0.362 e. The van der Waals surface area contributed by atoms with Crippen molar-refractivity contribution in [2.24, 2.45) is 0 Å². The number of aliphatic hydroxyl groups is 3. The Morgan fingerprint density at radius 1 is 0.446 bits per heavy atom. The van der Waals surface area contributed by atoms with Crippen LogP contribution in [-0.4, -0.2) is 351 Å². The fraction of sp³-hybridized carbons (Fsp3) is 0.914. The van der Waals surface area contributed by atoms with Gasteiger partial charge in [-0.3, -0.25) is 14.7 Å². The number of nitrogens with zero attached hydrogens (tertiary/aromatic N) is 6. The number of rotatable bonds is 43. The Bertz CT molecular complexity index is 2010. The van der Waals surface area contributed by atoms with Crippen molar-refractivity contribution in [1.29, 1.82) is 0 Å². The standard InChI is InChI=1S/C36H77IN4O11Si3.C22H48IN2O6Si3.3ClH/c1-40(16-12-38(13-17-40)27-33(42)31-47-20-10-26-55(9,51-53(3,4)5)52-54(6,7)8)29-35(44)49-24-22-46-23-25-50-36(45)30-41(2)18-14-39(15-19-41)28-34(43)32-48-21-11-37;1-25(13-11-24(12-14-25)18-21(26)20-28-16-10-23)19-22(27)29-15-9-17-34(8,30-32(2,3)4)31-33(5,6)7;;;/h33-34,42-43H,10-32H2,1-9H3;9,17,21,26H,10-16,18-20H2,1-8H3;3*1H/q+2;+1;;;/p-3/b;17-9-;;;. The van der Waals surface area contributed by atoms with Gasteiger partial charge in [0.05, 0.1) is 125 Å². The molecule has 3 unspecified atom stereocenters. The van der Waals surface area contributed by atoms with Gasteiger partial charge in [0.2, 0.25) is 0 Å². The highest BCUT2D eigenvalue weighted by Crippen LogP contribution is 2.26. The Kier molecular flexibility index (Phi) is 48.2. The van der Waals surface area contributed by atoms with E-state index >= 15 is 0 Å². The molecule has 3 aliphatic rings. The van der Waals surface area contributed by atoms with Gasteiger partial charge >= 0.3 is 35.0 Å². The highest BCUT2D eigenvalue weighted by atomic mass is 127. The average molecular weight is 1710 g/mol. The quantitative estimate of drug-likeness (QED) is 0.0101. The number of quaternary nitrogens is 3. The molecule has 548 valence electrons. The minimum Gasteiger partial charge on any atom is -1.00 e. The molecular weight excluding hydrogens is 1580 g/mol. The van der Waals surface area contributed by atoms with Crippen molar-refractivity contribution in [2.45, 2.75) is 122 Å². The second-order valence-electron chi connectivity index (χ2n) is 29.4. The summed E-state index contributed by atoms with van der Waals surface area (Å²) in [6.07, 6.45) is 1.20. The fourth-order valence-electron chi connectivity index (χ4n) is 11.0. The lowest BCUT2D eigenvalue weighted by Crippen LogP contribution is -3.00. The van der Waals surface area contributed by atoms with Crippen LogP contribution in [-0.2, 0) is 64.0 Å². The molecule has 0 aromatic carbocycles. The Labute approximate surface area is 607 Å². The van der Waals surface area contributed by atoms with Crippen LogP contribution in [0.5, 0.6) is 0 Å². The van der Waals surface area contributed by atoms with E-state index in [-0.39, 0.29) is 94.7 Å². The van der Waals surface area contributed by atoms with Gasteiger partial charge in [-0.2, -0.15) is 0 Å². The molecule has 23 nitrogen and oxygen atoms in total. The lowest BCUT2D eigenvalue weighted by atomic mass is 10.2. The van der Waals surface area contributed by atoms with Crippen molar-refractivity contribution < 1.29 is 130 Å². The van der Waals surface area contributed by atoms with Crippen molar-refractivity contribution in [3.63, 3.8) is 0 Å². The van der Waals surface area contributed by atoms with Gasteiger partial charge in [-0.25, -0.2) is 14.4 Å². The van der Waals surface area contributed by atoms with E-state index in [9.17, 15) is 29.7 Å². The zero-order chi connectivity index (χ0) is 67.2. The number of ether oxygens (including phenoxy) is 7. The number of alkyl halides is 2. The van der Waals surface area contributed by atoms with Crippen LogP contribution in [0.4, 0.5) is 0 Å². The summed E-state index contributed by atoms with van der Waals surface area (Å²) in [4.78, 5) is 44.3. The molecule has 3 saturated heterocycles. The minimum atomic E-state index is -2.47. The number of hydrogen-bond donors (Lipinski definition) is 3. The van der Waals surface area contributed by atoms with E-state index in [2.05, 4.69) is 173 Å². The second kappa shape index (κ2) is 46.6. The van der Waals surface area contributed by atoms with Gasteiger partial charge in [-0.1, -0.05) is 51.3 Å². The Morgan fingerprint density at radius 3 is 1.05 bits per heavy atom. The first-order chi connectivity index (χ1) is 41.2. The van der Waals surface area contributed by atoms with Crippen LogP contribution < -0.4 is 37.2 Å². The molecule has 3 fully saturated rings. The summed E-state index contributed by atoms with van der Waals surface area (Å²) in [5.41, 5.74) is 2.03. The van der Waals surface area contributed by atoms with Crippen molar-refractivity contribution in [3.8, 4) is 0 Å². The maximum atomic E-state index is 12.6. The summed E-state index contributed by atoms with van der Waals surface area (Å²) in [6, 6.07) is 0.886. The van der Waals surface area contributed by atoms with Gasteiger partial charge in [0, 0.05) is 74.4 Å². The first-order valence-corrected chi connectivity index (χ1v) is 53.9. The topological polar surface area (TPSA) is 223 Å². The number of aliphatic hydroxyl groups excluding tert-OH is 3. The Hall–Kier alpha value is 1.10. The third-order valence-corrected chi connectivity index (χ3v) is 34.3. The summed E-state index contributed by atoms with van der Waals surface area (Å²) in [5, 5.41) is 31.0. The van der Waals surface area contributed by atoms with E-state index in [1.807, 2.05) is 11.8 Å². The monoisotopic (exact) mass is 1700 g/mol. The number of piperazine rings is 3. The summed E-state index contributed by atoms with van der Waals surface area (Å²) >= 11 is 4.50. The van der Waals surface area contributed by atoms with Crippen LogP contribution in [0.15, 0.2) is 11.8 Å². The molecule has 3 atom stereocenters. The van der Waals surface area contributed by atoms with Crippen LogP contribution in [0.2, 0.25) is 97.7 Å². The molecule has 0 radical (unpaired) electrons. The van der Waals surface area contributed by atoms with Crippen molar-refractivity contribution in [3.05, 3.63) is 11.8 Å². The van der Waals surface area contributed by atoms with E-state index in [4.69, 9.17) is 49.6 Å². The molecule has 0 bridgehead atoms. The largest absolute Gasteiger partial charge is 1.00 e. The van der Waals surface area contributed by atoms with Gasteiger partial charge in [0.25, 0.3) is 0 Å². The van der Waals surface area contributed by atoms with E-state index in [1.165, 1.54) is 0 Å². The normalized spacial score (nSPS) is 18.7. The van der Waals surface area contributed by atoms with Gasteiger partial charge in [0.15, 0.2) is 52.9 Å². The third-order valence-electron chi connectivity index (χ3n) is 14.8. The molecule has 0 aromatic rings. The highest BCUT2D eigenvalue weighted by Gasteiger charge is 2.41. The van der Waals surface area contributed by atoms with E-state index < -0.39 is 68.7 Å². The zero-order valence-electron chi connectivity index (χ0n) is 59.4. The maximum Gasteiger partial charge on any atom is 0.362 e. The molecule has 0 aliphatic carbocycles. The molecule has 0 aromatic heterocycles. The van der Waals surface area contributed by atoms with Gasteiger partial charge in [0.1, 0.15) is 19.8 Å². The van der Waals surface area contributed by atoms with Gasteiger partial charge < -0.3 is 116 Å². The van der Waals surface area contributed by atoms with Crippen molar-refractivity contribution in [1.82, 2.24) is 14.7 Å². The Morgan fingerprint density at radius 2 is 0.750 bits per heavy atom. The number of hydrogen-bond acceptors (Lipinski definition) is 20. The summed E-state index contributed by atoms with van der Waals surface area (Å²) in [7, 11) is -5.53. The predicted octanol–water partition coefficient (Wildman–Crippen LogP) is -4.04. The fourth-order valence-corrected chi connectivity index (χ4v) is 35.5. The summed E-state index contributed by atoms with van der Waals surface area (Å²) in [5.74, 6) is -0.710. The number of carbonyl (C=O) groups excluding carboxylic acids is 3. The lowest BCUT2D eigenvalue weighted by molar-refractivity contribution is -0.906. The molecule has 0 spiro atoms. The van der Waals surface area contributed by atoms with Gasteiger partial charge in [-0.05, 0) is 110 Å². The van der Waals surface area contributed by atoms with Crippen LogP contribution >= 0.6 is 45.2 Å². The number of carbonyl (C=O) groups is 3. The number of β-amino-alcohol motifs (C(OH)–C–C–N with tert-alkyl or cyclic N) is 3. The van der Waals surface area contributed by atoms with Crippen LogP contribution in [0.25, 0.3) is 0 Å². The first kappa shape index (κ1) is 95.2. The molecule has 0 saturated carbocycles. The summed E-state index contributed by atoms with van der Waals surface area (Å²) in [6.45, 7) is 46.9. The SMILES string of the molecule is C[N+]1(CC(=O)OC/C=C\[Si](C)(O[Si](C)(C)C)O[Si](C)(C)C)CCN(CC(O)COCCI)CC1.C[N+]1(CC(=O)OCCOCCOC(=O)C[N+]2(C)CCN(CC(O)COCCC[Si](C)(O[Si](C)(C)C)O[Si](C)(C)C)CC2)CCN(CC(O)COCCI)CC1.[Cl-].[Cl-].[Cl-]. The van der Waals surface area contributed by atoms with E-state index in [0.717, 1.165) is 99.9 Å². The molecule has 0 amide bonds. The molecule has 3 aliphatic heterocycles. The number of halogens is 5. The number of esters is 3. The maximum absolute atomic E-state index is 12.6. The van der Waals surface area contributed by atoms with Crippen LogP contribution in [0.3, 0.4) is 0 Å².